The summed E-state index contributed by atoms with van der Waals surface area (Å²) in [5.41, 5.74) is 0. The fourth-order valence-electron chi connectivity index (χ4n) is 2.25. The van der Waals surface area contributed by atoms with Crippen molar-refractivity contribution in [2.45, 2.75) is 71.1 Å². The van der Waals surface area contributed by atoms with E-state index in [9.17, 15) is 4.79 Å². The van der Waals surface area contributed by atoms with Crippen LogP contribution in [0.1, 0.15) is 52.9 Å². The van der Waals surface area contributed by atoms with Gasteiger partial charge in [0.15, 0.2) is 0 Å². The van der Waals surface area contributed by atoms with Gasteiger partial charge < -0.3 is 15.4 Å². The van der Waals surface area contributed by atoms with E-state index < -0.39 is 0 Å². The number of nitrogens with one attached hydrogen (secondary N) is 2. The van der Waals surface area contributed by atoms with Crippen LogP contribution in [-0.2, 0) is 9.53 Å². The van der Waals surface area contributed by atoms with Crippen molar-refractivity contribution in [2.24, 2.45) is 0 Å². The lowest BCUT2D eigenvalue weighted by Gasteiger charge is -2.31. The second-order valence-corrected chi connectivity index (χ2v) is 5.20. The first-order valence-electron chi connectivity index (χ1n) is 7.31. The van der Waals surface area contributed by atoms with Gasteiger partial charge in [-0.1, -0.05) is 19.8 Å². The standard InChI is InChI=1S/C14H28N2O2/c1-4-5-6-9-16-14(17)12(3)18-13-8-7-10-15-11(13)2/h11-13,15H,4-10H2,1-3H3,(H,16,17). The Morgan fingerprint density at radius 3 is 2.94 bits per heavy atom. The van der Waals surface area contributed by atoms with Crippen LogP contribution < -0.4 is 10.6 Å². The summed E-state index contributed by atoms with van der Waals surface area (Å²) in [4.78, 5) is 11.8. The summed E-state index contributed by atoms with van der Waals surface area (Å²) in [6, 6.07) is 0.342. The molecule has 1 heterocycles. The number of carbonyl (C=O) groups excluding carboxylic acids is 1. The predicted molar refractivity (Wildman–Crippen MR) is 73.6 cm³/mol. The highest BCUT2D eigenvalue weighted by atomic mass is 16.5. The molecule has 0 aliphatic carbocycles. The summed E-state index contributed by atoms with van der Waals surface area (Å²) >= 11 is 0. The molecule has 1 amide bonds. The normalized spacial score (nSPS) is 25.7. The van der Waals surface area contributed by atoms with Gasteiger partial charge in [0.1, 0.15) is 6.10 Å². The Morgan fingerprint density at radius 1 is 1.50 bits per heavy atom. The van der Waals surface area contributed by atoms with Crippen molar-refractivity contribution in [3.63, 3.8) is 0 Å². The van der Waals surface area contributed by atoms with Gasteiger partial charge in [-0.3, -0.25) is 4.79 Å². The minimum atomic E-state index is -0.348. The zero-order valence-corrected chi connectivity index (χ0v) is 12.0. The van der Waals surface area contributed by atoms with E-state index >= 15 is 0 Å². The fourth-order valence-corrected chi connectivity index (χ4v) is 2.25. The van der Waals surface area contributed by atoms with Crippen LogP contribution in [0.2, 0.25) is 0 Å². The average molecular weight is 256 g/mol. The molecule has 0 radical (unpaired) electrons. The number of carbonyl (C=O) groups is 1. The van der Waals surface area contributed by atoms with Gasteiger partial charge in [0.05, 0.1) is 6.10 Å². The molecular formula is C14H28N2O2. The lowest BCUT2D eigenvalue weighted by atomic mass is 10.0. The average Bonchev–Trinajstić information content (AvgIpc) is 2.37. The van der Waals surface area contributed by atoms with Crippen molar-refractivity contribution in [1.82, 2.24) is 10.6 Å². The minimum Gasteiger partial charge on any atom is -0.364 e. The molecular weight excluding hydrogens is 228 g/mol. The largest absolute Gasteiger partial charge is 0.364 e. The van der Waals surface area contributed by atoms with Crippen molar-refractivity contribution in [2.75, 3.05) is 13.1 Å². The molecule has 0 aromatic rings. The van der Waals surface area contributed by atoms with Gasteiger partial charge >= 0.3 is 0 Å². The quantitative estimate of drug-likeness (QED) is 0.683. The monoisotopic (exact) mass is 256 g/mol. The van der Waals surface area contributed by atoms with E-state index in [4.69, 9.17) is 4.74 Å². The maximum absolute atomic E-state index is 11.8. The molecule has 1 aliphatic heterocycles. The fraction of sp³-hybridized carbons (Fsp3) is 0.929. The van der Waals surface area contributed by atoms with Crippen LogP contribution in [0.15, 0.2) is 0 Å². The third-order valence-electron chi connectivity index (χ3n) is 3.52. The second-order valence-electron chi connectivity index (χ2n) is 5.20. The molecule has 1 fully saturated rings. The minimum absolute atomic E-state index is 0.0175. The molecule has 3 atom stereocenters. The Labute approximate surface area is 111 Å². The van der Waals surface area contributed by atoms with Crippen molar-refractivity contribution in [1.29, 1.82) is 0 Å². The molecule has 18 heavy (non-hydrogen) atoms. The van der Waals surface area contributed by atoms with Crippen LogP contribution in [0.25, 0.3) is 0 Å². The Hall–Kier alpha value is -0.610. The van der Waals surface area contributed by atoms with Crippen LogP contribution in [-0.4, -0.2) is 37.2 Å². The number of piperidine rings is 1. The number of hydrogen-bond donors (Lipinski definition) is 2. The number of ether oxygens (including phenoxy) is 1. The van der Waals surface area contributed by atoms with E-state index in [1.165, 1.54) is 12.8 Å². The first kappa shape index (κ1) is 15.4. The summed E-state index contributed by atoms with van der Waals surface area (Å²) in [6.07, 6.45) is 5.37. The summed E-state index contributed by atoms with van der Waals surface area (Å²) in [5, 5.41) is 6.32. The molecule has 106 valence electrons. The van der Waals surface area contributed by atoms with Gasteiger partial charge in [-0.15, -0.1) is 0 Å². The Morgan fingerprint density at radius 2 is 2.28 bits per heavy atom. The van der Waals surface area contributed by atoms with E-state index in [1.54, 1.807) is 0 Å². The van der Waals surface area contributed by atoms with Gasteiger partial charge in [0.2, 0.25) is 5.91 Å². The smallest absolute Gasteiger partial charge is 0.248 e. The SMILES string of the molecule is CCCCCNC(=O)C(C)OC1CCCNC1C. The molecule has 4 nitrogen and oxygen atoms in total. The zero-order valence-electron chi connectivity index (χ0n) is 12.0. The van der Waals surface area contributed by atoms with Crippen LogP contribution >= 0.6 is 0 Å². The Balaban J connectivity index is 2.21. The van der Waals surface area contributed by atoms with E-state index in [1.807, 2.05) is 6.92 Å². The van der Waals surface area contributed by atoms with E-state index in [2.05, 4.69) is 24.5 Å². The maximum Gasteiger partial charge on any atom is 0.248 e. The van der Waals surface area contributed by atoms with E-state index in [0.717, 1.165) is 32.4 Å². The Bertz CT molecular complexity index is 246. The van der Waals surface area contributed by atoms with Crippen molar-refractivity contribution in [3.8, 4) is 0 Å². The number of amides is 1. The molecule has 2 N–H and O–H groups in total. The van der Waals surface area contributed by atoms with Crippen LogP contribution in [0.3, 0.4) is 0 Å². The number of rotatable bonds is 7. The van der Waals surface area contributed by atoms with Gasteiger partial charge in [-0.25, -0.2) is 0 Å². The summed E-state index contributed by atoms with van der Waals surface area (Å²) in [6.45, 7) is 7.94. The van der Waals surface area contributed by atoms with E-state index in [0.29, 0.717) is 6.04 Å². The zero-order chi connectivity index (χ0) is 13.4. The van der Waals surface area contributed by atoms with E-state index in [-0.39, 0.29) is 18.1 Å². The first-order valence-corrected chi connectivity index (χ1v) is 7.31. The highest BCUT2D eigenvalue weighted by Crippen LogP contribution is 2.14. The highest BCUT2D eigenvalue weighted by molar-refractivity contribution is 5.80. The molecule has 0 aromatic carbocycles. The topological polar surface area (TPSA) is 50.4 Å². The summed E-state index contributed by atoms with van der Waals surface area (Å²) in [7, 11) is 0. The summed E-state index contributed by atoms with van der Waals surface area (Å²) < 4.78 is 5.85. The number of hydrogen-bond acceptors (Lipinski definition) is 3. The molecule has 0 bridgehead atoms. The molecule has 0 saturated carbocycles. The van der Waals surface area contributed by atoms with Crippen LogP contribution in [0, 0.1) is 0 Å². The van der Waals surface area contributed by atoms with Crippen molar-refractivity contribution in [3.05, 3.63) is 0 Å². The highest BCUT2D eigenvalue weighted by Gasteiger charge is 2.25. The van der Waals surface area contributed by atoms with Gasteiger partial charge in [-0.05, 0) is 39.7 Å². The Kier molecular flexibility index (Phi) is 7.28. The van der Waals surface area contributed by atoms with Crippen molar-refractivity contribution < 1.29 is 9.53 Å². The molecule has 4 heteroatoms. The molecule has 1 rings (SSSR count). The molecule has 0 spiro atoms. The predicted octanol–water partition coefficient (Wildman–Crippen LogP) is 1.84. The molecule has 1 saturated heterocycles. The molecule has 1 aliphatic rings. The van der Waals surface area contributed by atoms with Crippen LogP contribution in [0.4, 0.5) is 0 Å². The van der Waals surface area contributed by atoms with Crippen molar-refractivity contribution >= 4 is 5.91 Å². The van der Waals surface area contributed by atoms with Gasteiger partial charge in [0, 0.05) is 12.6 Å². The number of unbranched alkanes of at least 4 members (excludes halogenated alkanes) is 2. The third kappa shape index (κ3) is 5.36. The second kappa shape index (κ2) is 8.48. The lowest BCUT2D eigenvalue weighted by Crippen LogP contribution is -2.47. The third-order valence-corrected chi connectivity index (χ3v) is 3.52. The van der Waals surface area contributed by atoms with Gasteiger partial charge in [0.25, 0.3) is 0 Å². The maximum atomic E-state index is 11.8. The van der Waals surface area contributed by atoms with Gasteiger partial charge in [-0.2, -0.15) is 0 Å². The summed E-state index contributed by atoms with van der Waals surface area (Å²) in [5.74, 6) is 0.0175. The van der Waals surface area contributed by atoms with Crippen LogP contribution in [0.5, 0.6) is 0 Å². The lowest BCUT2D eigenvalue weighted by molar-refractivity contribution is -0.137. The molecule has 3 unspecified atom stereocenters. The molecule has 0 aromatic heterocycles. The first-order chi connectivity index (χ1) is 8.65.